The molecule has 1 atom stereocenters. The van der Waals surface area contributed by atoms with Gasteiger partial charge in [0.1, 0.15) is 0 Å². The lowest BCUT2D eigenvalue weighted by Crippen LogP contribution is -2.42. The van der Waals surface area contributed by atoms with Gasteiger partial charge in [0.2, 0.25) is 5.91 Å². The smallest absolute Gasteiger partial charge is 0.307 e. The van der Waals surface area contributed by atoms with Crippen LogP contribution in [0.15, 0.2) is 0 Å². The van der Waals surface area contributed by atoms with Crippen molar-refractivity contribution in [1.82, 2.24) is 5.32 Å². The number of esters is 1. The number of hydrogen-bond acceptors (Lipinski definition) is 4. The fourth-order valence-electron chi connectivity index (χ4n) is 1.14. The summed E-state index contributed by atoms with van der Waals surface area (Å²) in [5.41, 5.74) is 5.64. The van der Waals surface area contributed by atoms with Crippen molar-refractivity contribution in [3.63, 3.8) is 0 Å². The Morgan fingerprint density at radius 3 is 2.47 bits per heavy atom. The number of hydrogen-bond donors (Lipinski definition) is 2. The molecule has 0 fully saturated rings. The highest BCUT2D eigenvalue weighted by atomic mass is 16.5. The zero-order valence-corrected chi connectivity index (χ0v) is 9.58. The van der Waals surface area contributed by atoms with Crippen LogP contribution < -0.4 is 11.1 Å². The molecule has 0 bridgehead atoms. The second kappa shape index (κ2) is 7.23. The molecule has 0 aromatic rings. The van der Waals surface area contributed by atoms with Crippen LogP contribution in [0.25, 0.3) is 0 Å². The van der Waals surface area contributed by atoms with Crippen LogP contribution in [0.5, 0.6) is 0 Å². The van der Waals surface area contributed by atoms with Gasteiger partial charge in [0, 0.05) is 6.54 Å². The number of rotatable bonds is 6. The summed E-state index contributed by atoms with van der Waals surface area (Å²) in [7, 11) is 1.31. The molecule has 15 heavy (non-hydrogen) atoms. The third-order valence-electron chi connectivity index (χ3n) is 1.92. The molecule has 0 radical (unpaired) electrons. The summed E-state index contributed by atoms with van der Waals surface area (Å²) in [5, 5.41) is 2.59. The Bertz CT molecular complexity index is 217. The van der Waals surface area contributed by atoms with E-state index < -0.39 is 6.04 Å². The van der Waals surface area contributed by atoms with Crippen LogP contribution in [0.1, 0.15) is 26.7 Å². The van der Waals surface area contributed by atoms with Crippen molar-refractivity contribution in [3.8, 4) is 0 Å². The molecule has 0 aromatic carbocycles. The maximum absolute atomic E-state index is 11.4. The summed E-state index contributed by atoms with van der Waals surface area (Å²) < 4.78 is 4.44. The van der Waals surface area contributed by atoms with Crippen molar-refractivity contribution < 1.29 is 14.3 Å². The molecule has 3 N–H and O–H groups in total. The average molecular weight is 216 g/mol. The summed E-state index contributed by atoms with van der Waals surface area (Å²) >= 11 is 0. The van der Waals surface area contributed by atoms with Crippen molar-refractivity contribution in [3.05, 3.63) is 0 Å². The van der Waals surface area contributed by atoms with Crippen molar-refractivity contribution in [2.45, 2.75) is 32.7 Å². The molecular formula is C10H20N2O3. The van der Waals surface area contributed by atoms with E-state index >= 15 is 0 Å². The van der Waals surface area contributed by atoms with E-state index in [0.717, 1.165) is 0 Å². The number of carbonyl (C=O) groups is 2. The van der Waals surface area contributed by atoms with Gasteiger partial charge in [-0.15, -0.1) is 0 Å². The van der Waals surface area contributed by atoms with E-state index in [0.29, 0.717) is 12.3 Å². The fraction of sp³-hybridized carbons (Fsp3) is 0.800. The first-order valence-corrected chi connectivity index (χ1v) is 5.07. The fourth-order valence-corrected chi connectivity index (χ4v) is 1.14. The van der Waals surface area contributed by atoms with E-state index in [1.54, 1.807) is 0 Å². The number of ether oxygens (including phenoxy) is 1. The van der Waals surface area contributed by atoms with Crippen LogP contribution in [0, 0.1) is 5.92 Å². The van der Waals surface area contributed by atoms with Crippen molar-refractivity contribution in [1.29, 1.82) is 0 Å². The monoisotopic (exact) mass is 216 g/mol. The molecule has 0 rings (SSSR count). The summed E-state index contributed by atoms with van der Waals surface area (Å²) in [5.74, 6) is -0.174. The van der Waals surface area contributed by atoms with Crippen molar-refractivity contribution >= 4 is 11.9 Å². The lowest BCUT2D eigenvalue weighted by molar-refractivity contribution is -0.140. The number of methoxy groups -OCH3 is 1. The highest BCUT2D eigenvalue weighted by Gasteiger charge is 2.14. The second-order valence-corrected chi connectivity index (χ2v) is 3.85. The first-order chi connectivity index (χ1) is 6.97. The molecule has 0 aliphatic carbocycles. The minimum Gasteiger partial charge on any atom is -0.469 e. The Balaban J connectivity index is 3.69. The Hall–Kier alpha value is -1.10. The summed E-state index contributed by atoms with van der Waals surface area (Å²) in [6, 6.07) is -0.498. The minimum absolute atomic E-state index is 0.177. The summed E-state index contributed by atoms with van der Waals surface area (Å²) in [6.07, 6.45) is 0.820. The largest absolute Gasteiger partial charge is 0.469 e. The Kier molecular flexibility index (Phi) is 6.70. The third kappa shape index (κ3) is 6.90. The third-order valence-corrected chi connectivity index (χ3v) is 1.92. The molecular weight excluding hydrogens is 196 g/mol. The van der Waals surface area contributed by atoms with Crippen LogP contribution in [0.2, 0.25) is 0 Å². The molecule has 0 heterocycles. The van der Waals surface area contributed by atoms with Gasteiger partial charge in [-0.2, -0.15) is 0 Å². The predicted molar refractivity (Wildman–Crippen MR) is 57.1 cm³/mol. The molecule has 1 amide bonds. The molecule has 0 aromatic heterocycles. The van der Waals surface area contributed by atoms with E-state index in [9.17, 15) is 9.59 Å². The molecule has 5 heteroatoms. The SMILES string of the molecule is COC(=O)CCNC(=O)C(N)CC(C)C. The number of amides is 1. The Morgan fingerprint density at radius 2 is 2.00 bits per heavy atom. The maximum Gasteiger partial charge on any atom is 0.307 e. The number of carbonyl (C=O) groups excluding carboxylic acids is 2. The zero-order valence-electron chi connectivity index (χ0n) is 9.58. The molecule has 1 unspecified atom stereocenters. The van der Waals surface area contributed by atoms with Gasteiger partial charge in [-0.05, 0) is 12.3 Å². The predicted octanol–water partition coefficient (Wildman–Crippen LogP) is 0.0391. The van der Waals surface area contributed by atoms with Gasteiger partial charge < -0.3 is 15.8 Å². The topological polar surface area (TPSA) is 81.4 Å². The van der Waals surface area contributed by atoms with Crippen LogP contribution in [0.4, 0.5) is 0 Å². The summed E-state index contributed by atoms with van der Waals surface area (Å²) in [6.45, 7) is 4.28. The van der Waals surface area contributed by atoms with Gasteiger partial charge in [0.05, 0.1) is 19.6 Å². The van der Waals surface area contributed by atoms with Crippen molar-refractivity contribution in [2.75, 3.05) is 13.7 Å². The second-order valence-electron chi connectivity index (χ2n) is 3.85. The lowest BCUT2D eigenvalue weighted by Gasteiger charge is -2.13. The average Bonchev–Trinajstić information content (AvgIpc) is 2.16. The van der Waals surface area contributed by atoms with Crippen molar-refractivity contribution in [2.24, 2.45) is 11.7 Å². The summed E-state index contributed by atoms with van der Waals surface area (Å²) in [4.78, 5) is 22.1. The van der Waals surface area contributed by atoms with Gasteiger partial charge in [0.15, 0.2) is 0 Å². The number of nitrogens with one attached hydrogen (secondary N) is 1. The highest BCUT2D eigenvalue weighted by molar-refractivity contribution is 5.81. The maximum atomic E-state index is 11.4. The Labute approximate surface area is 90.4 Å². The number of nitrogens with two attached hydrogens (primary N) is 1. The molecule has 5 nitrogen and oxygen atoms in total. The first-order valence-electron chi connectivity index (χ1n) is 5.07. The van der Waals surface area contributed by atoms with Crippen LogP contribution >= 0.6 is 0 Å². The lowest BCUT2D eigenvalue weighted by atomic mass is 10.0. The molecule has 0 aliphatic heterocycles. The molecule has 88 valence electrons. The van der Waals surface area contributed by atoms with Crippen LogP contribution in [-0.2, 0) is 14.3 Å². The van der Waals surface area contributed by atoms with E-state index in [4.69, 9.17) is 5.73 Å². The first kappa shape index (κ1) is 13.9. The van der Waals surface area contributed by atoms with Gasteiger partial charge in [-0.1, -0.05) is 13.8 Å². The van der Waals surface area contributed by atoms with Gasteiger partial charge >= 0.3 is 5.97 Å². The minimum atomic E-state index is -0.498. The highest BCUT2D eigenvalue weighted by Crippen LogP contribution is 2.02. The van der Waals surface area contributed by atoms with Gasteiger partial charge in [0.25, 0.3) is 0 Å². The quantitative estimate of drug-likeness (QED) is 0.614. The van der Waals surface area contributed by atoms with E-state index in [1.165, 1.54) is 7.11 Å². The van der Waals surface area contributed by atoms with E-state index in [-0.39, 0.29) is 24.8 Å². The van der Waals surface area contributed by atoms with Gasteiger partial charge in [-0.25, -0.2) is 0 Å². The van der Waals surface area contributed by atoms with E-state index in [2.05, 4.69) is 10.1 Å². The molecule has 0 saturated heterocycles. The van der Waals surface area contributed by atoms with Crippen LogP contribution in [-0.4, -0.2) is 31.6 Å². The zero-order chi connectivity index (χ0) is 11.8. The van der Waals surface area contributed by atoms with Gasteiger partial charge in [-0.3, -0.25) is 9.59 Å². The molecule has 0 saturated carbocycles. The standard InChI is InChI=1S/C10H20N2O3/c1-7(2)6-8(11)10(14)12-5-4-9(13)15-3/h7-8H,4-6,11H2,1-3H3,(H,12,14). The van der Waals surface area contributed by atoms with Crippen LogP contribution in [0.3, 0.4) is 0 Å². The molecule has 0 aliphatic rings. The van der Waals surface area contributed by atoms with E-state index in [1.807, 2.05) is 13.8 Å². The molecule has 0 spiro atoms. The Morgan fingerprint density at radius 1 is 1.40 bits per heavy atom. The normalized spacial score (nSPS) is 12.3.